The molecule has 0 fully saturated rings. The number of carbonyl (C=O) groups is 1. The van der Waals surface area contributed by atoms with Crippen molar-refractivity contribution in [1.29, 1.82) is 0 Å². The Labute approximate surface area is 161 Å². The van der Waals surface area contributed by atoms with Crippen molar-refractivity contribution in [3.8, 4) is 0 Å². The number of halogens is 1. The maximum atomic E-state index is 11.4. The van der Waals surface area contributed by atoms with Crippen LogP contribution in [-0.4, -0.2) is 16.5 Å². The summed E-state index contributed by atoms with van der Waals surface area (Å²) in [5, 5.41) is 0. The fourth-order valence-corrected chi connectivity index (χ4v) is 2.00. The van der Waals surface area contributed by atoms with E-state index < -0.39 is 0 Å². The monoisotopic (exact) mass is 370 g/mol. The van der Waals surface area contributed by atoms with Crippen molar-refractivity contribution >= 4 is 29.2 Å². The number of aliphatic imine (C=N–C) groups is 1. The van der Waals surface area contributed by atoms with Gasteiger partial charge in [-0.3, -0.25) is 14.8 Å². The van der Waals surface area contributed by atoms with Gasteiger partial charge in [-0.2, -0.15) is 0 Å². The third-order valence-electron chi connectivity index (χ3n) is 3.84. The molecular weight excluding hydrogens is 344 g/mol. The standard InChI is InChI=1S/C22H27ClN2O/c1-17(26)20(11-13-23)9-6-8-19-12-15-25-21(16-19)10-7-14-24-18(2)22(3,4)5/h6-9,11-16H,10H2,1-5H3/b8-6+,13-11+,14-7-,20-9+,24-18?. The Morgan fingerprint density at radius 2 is 2.04 bits per heavy atom. The molecule has 0 aliphatic carbocycles. The molecule has 1 aromatic heterocycles. The van der Waals surface area contributed by atoms with Gasteiger partial charge in [-0.15, -0.1) is 0 Å². The predicted molar refractivity (Wildman–Crippen MR) is 112 cm³/mol. The first-order valence-corrected chi connectivity index (χ1v) is 8.98. The number of nitrogens with zero attached hydrogens (tertiary/aromatic N) is 2. The Bertz CT molecular complexity index is 763. The Hall–Kier alpha value is -2.26. The van der Waals surface area contributed by atoms with Gasteiger partial charge in [0.05, 0.1) is 0 Å². The second-order valence-electron chi connectivity index (χ2n) is 6.96. The smallest absolute Gasteiger partial charge is 0.159 e. The van der Waals surface area contributed by atoms with Crippen LogP contribution >= 0.6 is 11.6 Å². The summed E-state index contributed by atoms with van der Waals surface area (Å²) < 4.78 is 0. The van der Waals surface area contributed by atoms with E-state index in [0.29, 0.717) is 12.0 Å². The molecule has 26 heavy (non-hydrogen) atoms. The molecule has 0 saturated heterocycles. The molecule has 0 amide bonds. The number of allylic oxidation sites excluding steroid dienone is 5. The first-order chi connectivity index (χ1) is 12.2. The SMILES string of the molecule is CC(=O)C(/C=C/Cl)=C/C=C/c1ccnc(C/C=C\N=C(C)C(C)(C)C)c1. The summed E-state index contributed by atoms with van der Waals surface area (Å²) in [6.07, 6.45) is 13.4. The number of pyridine rings is 1. The molecule has 0 N–H and O–H groups in total. The van der Waals surface area contributed by atoms with Crippen LogP contribution < -0.4 is 0 Å². The molecule has 0 aliphatic rings. The van der Waals surface area contributed by atoms with Crippen LogP contribution in [-0.2, 0) is 11.2 Å². The Morgan fingerprint density at radius 3 is 2.65 bits per heavy atom. The average molecular weight is 371 g/mol. The molecule has 0 aliphatic heterocycles. The van der Waals surface area contributed by atoms with Gasteiger partial charge in [0.25, 0.3) is 0 Å². The van der Waals surface area contributed by atoms with Gasteiger partial charge < -0.3 is 0 Å². The largest absolute Gasteiger partial charge is 0.295 e. The molecule has 1 rings (SSSR count). The van der Waals surface area contributed by atoms with Crippen LogP contribution in [0.2, 0.25) is 0 Å². The Kier molecular flexibility index (Phi) is 8.94. The summed E-state index contributed by atoms with van der Waals surface area (Å²) in [6, 6.07) is 3.93. The van der Waals surface area contributed by atoms with Crippen molar-refractivity contribution in [3.05, 3.63) is 71.2 Å². The zero-order chi connectivity index (χ0) is 19.6. The predicted octanol–water partition coefficient (Wildman–Crippen LogP) is 5.93. The van der Waals surface area contributed by atoms with Gasteiger partial charge >= 0.3 is 0 Å². The van der Waals surface area contributed by atoms with E-state index in [0.717, 1.165) is 17.0 Å². The second kappa shape index (κ2) is 10.7. The van der Waals surface area contributed by atoms with Crippen molar-refractivity contribution in [2.75, 3.05) is 0 Å². The quantitative estimate of drug-likeness (QED) is 0.339. The van der Waals surface area contributed by atoms with E-state index in [4.69, 9.17) is 11.6 Å². The molecule has 0 bridgehead atoms. The first kappa shape index (κ1) is 21.8. The third-order valence-corrected chi connectivity index (χ3v) is 3.97. The summed E-state index contributed by atoms with van der Waals surface area (Å²) in [7, 11) is 0. The molecule has 1 heterocycles. The molecular formula is C22H27ClN2O. The highest BCUT2D eigenvalue weighted by Gasteiger charge is 2.12. The normalized spacial score (nSPS) is 14.1. The fourth-order valence-electron chi connectivity index (χ4n) is 1.86. The minimum Gasteiger partial charge on any atom is -0.295 e. The van der Waals surface area contributed by atoms with Crippen LogP contribution in [0.25, 0.3) is 6.08 Å². The van der Waals surface area contributed by atoms with Gasteiger partial charge in [0, 0.05) is 41.3 Å². The van der Waals surface area contributed by atoms with Gasteiger partial charge in [0.1, 0.15) is 0 Å². The second-order valence-corrected chi connectivity index (χ2v) is 7.22. The highest BCUT2D eigenvalue weighted by Crippen LogP contribution is 2.15. The van der Waals surface area contributed by atoms with E-state index in [9.17, 15) is 4.79 Å². The molecule has 1 aromatic rings. The van der Waals surface area contributed by atoms with E-state index in [1.165, 1.54) is 12.5 Å². The van der Waals surface area contributed by atoms with Gasteiger partial charge in [-0.25, -0.2) is 0 Å². The number of hydrogen-bond acceptors (Lipinski definition) is 3. The van der Waals surface area contributed by atoms with Crippen LogP contribution in [0.5, 0.6) is 0 Å². The average Bonchev–Trinajstić information content (AvgIpc) is 2.57. The molecule has 0 unspecified atom stereocenters. The molecule has 138 valence electrons. The number of hydrogen-bond donors (Lipinski definition) is 0. The van der Waals surface area contributed by atoms with Crippen molar-refractivity contribution in [2.24, 2.45) is 10.4 Å². The van der Waals surface area contributed by atoms with Crippen LogP contribution in [0, 0.1) is 5.41 Å². The van der Waals surface area contributed by atoms with Crippen LogP contribution in [0.4, 0.5) is 0 Å². The Morgan fingerprint density at radius 1 is 1.31 bits per heavy atom. The first-order valence-electron chi connectivity index (χ1n) is 8.55. The number of Topliss-reactive ketones (excluding diaryl/α,β-unsaturated/α-hetero) is 1. The molecule has 3 nitrogen and oxygen atoms in total. The zero-order valence-electron chi connectivity index (χ0n) is 16.2. The van der Waals surface area contributed by atoms with Gasteiger partial charge in [0.15, 0.2) is 5.78 Å². The minimum absolute atomic E-state index is 0.0294. The lowest BCUT2D eigenvalue weighted by Crippen LogP contribution is -2.16. The molecule has 0 radical (unpaired) electrons. The van der Waals surface area contributed by atoms with Crippen LogP contribution in [0.1, 0.15) is 45.9 Å². The van der Waals surface area contributed by atoms with Crippen molar-refractivity contribution in [3.63, 3.8) is 0 Å². The van der Waals surface area contributed by atoms with Crippen molar-refractivity contribution in [1.82, 2.24) is 4.98 Å². The minimum atomic E-state index is -0.0294. The van der Waals surface area contributed by atoms with Crippen LogP contribution in [0.15, 0.2) is 64.9 Å². The summed E-state index contributed by atoms with van der Waals surface area (Å²) in [4.78, 5) is 20.3. The van der Waals surface area contributed by atoms with E-state index in [2.05, 4.69) is 30.7 Å². The fraction of sp³-hybridized carbons (Fsp3) is 0.318. The summed E-state index contributed by atoms with van der Waals surface area (Å²) in [6.45, 7) is 9.98. The third kappa shape index (κ3) is 8.21. The molecule has 0 saturated carbocycles. The number of aromatic nitrogens is 1. The number of rotatable bonds is 7. The number of carbonyl (C=O) groups excluding carboxylic acids is 1. The lowest BCUT2D eigenvalue weighted by Gasteiger charge is -2.16. The van der Waals surface area contributed by atoms with E-state index in [1.54, 1.807) is 18.3 Å². The summed E-state index contributed by atoms with van der Waals surface area (Å²) in [5.74, 6) is -0.0294. The van der Waals surface area contributed by atoms with Gasteiger partial charge in [0.2, 0.25) is 0 Å². The van der Waals surface area contributed by atoms with Crippen LogP contribution in [0.3, 0.4) is 0 Å². The number of ketones is 1. The van der Waals surface area contributed by atoms with E-state index in [1.807, 2.05) is 43.5 Å². The van der Waals surface area contributed by atoms with Gasteiger partial charge in [-0.05, 0) is 43.0 Å². The molecule has 0 atom stereocenters. The lowest BCUT2D eigenvalue weighted by atomic mass is 9.91. The van der Waals surface area contributed by atoms with Crippen molar-refractivity contribution < 1.29 is 4.79 Å². The highest BCUT2D eigenvalue weighted by atomic mass is 35.5. The maximum absolute atomic E-state index is 11.4. The highest BCUT2D eigenvalue weighted by molar-refractivity contribution is 6.25. The lowest BCUT2D eigenvalue weighted by molar-refractivity contribution is -0.113. The maximum Gasteiger partial charge on any atom is 0.159 e. The molecule has 0 spiro atoms. The van der Waals surface area contributed by atoms with E-state index in [-0.39, 0.29) is 11.2 Å². The van der Waals surface area contributed by atoms with Crippen molar-refractivity contribution in [2.45, 2.75) is 41.0 Å². The summed E-state index contributed by atoms with van der Waals surface area (Å²) in [5.41, 5.74) is 5.05. The molecule has 0 aromatic carbocycles. The summed E-state index contributed by atoms with van der Waals surface area (Å²) >= 11 is 5.54. The molecule has 4 heteroatoms. The zero-order valence-corrected chi connectivity index (χ0v) is 16.9. The van der Waals surface area contributed by atoms with Gasteiger partial charge in [-0.1, -0.05) is 56.7 Å². The topological polar surface area (TPSA) is 42.3 Å². The Balaban J connectivity index is 2.78. The van der Waals surface area contributed by atoms with E-state index >= 15 is 0 Å².